The Labute approximate surface area is 125 Å². The van der Waals surface area contributed by atoms with Crippen molar-refractivity contribution in [2.45, 2.75) is 32.4 Å². The van der Waals surface area contributed by atoms with Crippen LogP contribution in [0, 0.1) is 11.3 Å². The first-order valence-electron chi connectivity index (χ1n) is 7.31. The summed E-state index contributed by atoms with van der Waals surface area (Å²) in [6.45, 7) is 3.46. The number of unbranched alkanes of at least 4 members (excludes halogenated alkanes) is 2. The van der Waals surface area contributed by atoms with E-state index in [1.165, 1.54) is 0 Å². The van der Waals surface area contributed by atoms with Crippen LogP contribution in [0.2, 0.25) is 0 Å². The van der Waals surface area contributed by atoms with Crippen LogP contribution in [-0.4, -0.2) is 31.0 Å². The zero-order valence-electron chi connectivity index (χ0n) is 12.6. The van der Waals surface area contributed by atoms with Gasteiger partial charge in [-0.25, -0.2) is 0 Å². The molecule has 1 aliphatic rings. The molecule has 1 heterocycles. The number of ether oxygens (including phenoxy) is 1. The Morgan fingerprint density at radius 2 is 2.29 bits per heavy atom. The topological polar surface area (TPSA) is 65.4 Å². The fraction of sp³-hybridized carbons (Fsp3) is 0.500. The summed E-state index contributed by atoms with van der Waals surface area (Å²) in [4.78, 5) is 13.8. The second-order valence-electron chi connectivity index (χ2n) is 5.22. The number of methoxy groups -OCH3 is 1. The molecule has 112 valence electrons. The Kier molecular flexibility index (Phi) is 5.18. The number of carbonyl (C=O) groups is 1. The molecule has 1 aliphatic heterocycles. The lowest BCUT2D eigenvalue weighted by Gasteiger charge is -2.23. The van der Waals surface area contributed by atoms with Gasteiger partial charge in [-0.1, -0.05) is 25.8 Å². The maximum absolute atomic E-state index is 11.7. The molecule has 0 saturated carbocycles. The molecule has 1 atom stereocenters. The van der Waals surface area contributed by atoms with Crippen molar-refractivity contribution in [1.29, 1.82) is 5.26 Å². The lowest BCUT2D eigenvalue weighted by molar-refractivity contribution is -0.118. The fourth-order valence-corrected chi connectivity index (χ4v) is 2.62. The van der Waals surface area contributed by atoms with Crippen molar-refractivity contribution < 1.29 is 9.53 Å². The van der Waals surface area contributed by atoms with Gasteiger partial charge in [0.05, 0.1) is 19.2 Å². The quantitative estimate of drug-likeness (QED) is 0.815. The minimum absolute atomic E-state index is 0.0332. The third kappa shape index (κ3) is 3.53. The monoisotopic (exact) mass is 287 g/mol. The highest BCUT2D eigenvalue weighted by molar-refractivity contribution is 5.80. The number of benzene rings is 1. The van der Waals surface area contributed by atoms with Crippen LogP contribution in [0.25, 0.3) is 0 Å². The minimum atomic E-state index is -0.146. The third-order valence-electron chi connectivity index (χ3n) is 3.72. The molecule has 1 aromatic rings. The molecule has 0 aliphatic carbocycles. The second kappa shape index (κ2) is 7.09. The van der Waals surface area contributed by atoms with Gasteiger partial charge in [0, 0.05) is 6.54 Å². The molecule has 0 radical (unpaired) electrons. The van der Waals surface area contributed by atoms with Gasteiger partial charge in [-0.15, -0.1) is 0 Å². The molecule has 0 bridgehead atoms. The minimum Gasteiger partial charge on any atom is -0.495 e. The molecule has 2 rings (SSSR count). The van der Waals surface area contributed by atoms with Crippen molar-refractivity contribution in [3.63, 3.8) is 0 Å². The smallest absolute Gasteiger partial charge is 0.235 e. The first kappa shape index (κ1) is 15.3. The standard InChI is InChI=1S/C16H21N3O2/c1-3-4-5-8-19-11-15(20)18-16(19)12-6-7-14(21-2)13(9-12)10-17/h6-7,9,16H,3-5,8,11H2,1-2H3,(H,18,20). The Balaban J connectivity index is 2.18. The van der Waals surface area contributed by atoms with Gasteiger partial charge in [-0.2, -0.15) is 5.26 Å². The number of nitrogens with zero attached hydrogens (tertiary/aromatic N) is 2. The van der Waals surface area contributed by atoms with Crippen LogP contribution < -0.4 is 10.1 Å². The van der Waals surface area contributed by atoms with E-state index in [0.717, 1.165) is 31.4 Å². The number of hydrogen-bond acceptors (Lipinski definition) is 4. The summed E-state index contributed by atoms with van der Waals surface area (Å²) in [5.41, 5.74) is 1.42. The number of amides is 1. The molecule has 1 amide bonds. The van der Waals surface area contributed by atoms with E-state index in [4.69, 9.17) is 4.74 Å². The Hall–Kier alpha value is -2.06. The molecular formula is C16H21N3O2. The van der Waals surface area contributed by atoms with Crippen molar-refractivity contribution in [2.24, 2.45) is 0 Å². The maximum atomic E-state index is 11.7. The lowest BCUT2D eigenvalue weighted by Crippen LogP contribution is -2.28. The summed E-state index contributed by atoms with van der Waals surface area (Å²) >= 11 is 0. The van der Waals surface area contributed by atoms with Gasteiger partial charge in [0.1, 0.15) is 18.0 Å². The molecular weight excluding hydrogens is 266 g/mol. The SMILES string of the molecule is CCCCCN1CC(=O)NC1c1ccc(OC)c(C#N)c1. The largest absolute Gasteiger partial charge is 0.495 e. The Morgan fingerprint density at radius 1 is 1.48 bits per heavy atom. The third-order valence-corrected chi connectivity index (χ3v) is 3.72. The molecule has 1 fully saturated rings. The van der Waals surface area contributed by atoms with Crippen LogP contribution >= 0.6 is 0 Å². The predicted octanol–water partition coefficient (Wildman–Crippen LogP) is 2.19. The van der Waals surface area contributed by atoms with Crippen molar-refractivity contribution in [3.8, 4) is 11.8 Å². The summed E-state index contributed by atoms with van der Waals surface area (Å²) in [5.74, 6) is 0.592. The summed E-state index contributed by atoms with van der Waals surface area (Å²) in [7, 11) is 1.55. The van der Waals surface area contributed by atoms with Crippen molar-refractivity contribution in [2.75, 3.05) is 20.2 Å². The van der Waals surface area contributed by atoms with Crippen molar-refractivity contribution >= 4 is 5.91 Å². The van der Waals surface area contributed by atoms with Crippen LogP contribution in [-0.2, 0) is 4.79 Å². The maximum Gasteiger partial charge on any atom is 0.235 e. The van der Waals surface area contributed by atoms with E-state index in [1.54, 1.807) is 19.2 Å². The van der Waals surface area contributed by atoms with Gasteiger partial charge in [0.15, 0.2) is 0 Å². The van der Waals surface area contributed by atoms with E-state index in [9.17, 15) is 10.1 Å². The Bertz CT molecular complexity index is 551. The molecule has 21 heavy (non-hydrogen) atoms. The number of nitriles is 1. The molecule has 0 spiro atoms. The highest BCUT2D eigenvalue weighted by atomic mass is 16.5. The first-order valence-corrected chi connectivity index (χ1v) is 7.31. The fourth-order valence-electron chi connectivity index (χ4n) is 2.62. The van der Waals surface area contributed by atoms with E-state index in [2.05, 4.69) is 23.2 Å². The van der Waals surface area contributed by atoms with Gasteiger partial charge in [-0.3, -0.25) is 9.69 Å². The zero-order chi connectivity index (χ0) is 15.2. The van der Waals surface area contributed by atoms with E-state index in [1.807, 2.05) is 6.07 Å². The lowest BCUT2D eigenvalue weighted by atomic mass is 10.1. The molecule has 0 aromatic heterocycles. The average molecular weight is 287 g/mol. The molecule has 1 N–H and O–H groups in total. The van der Waals surface area contributed by atoms with Crippen LogP contribution in [0.4, 0.5) is 0 Å². The van der Waals surface area contributed by atoms with Crippen LogP contribution in [0.15, 0.2) is 18.2 Å². The van der Waals surface area contributed by atoms with Gasteiger partial charge < -0.3 is 10.1 Å². The number of nitrogens with one attached hydrogen (secondary N) is 1. The molecule has 1 saturated heterocycles. The average Bonchev–Trinajstić information content (AvgIpc) is 2.87. The van der Waals surface area contributed by atoms with E-state index >= 15 is 0 Å². The van der Waals surface area contributed by atoms with Gasteiger partial charge in [0.25, 0.3) is 0 Å². The summed E-state index contributed by atoms with van der Waals surface area (Å²) in [6.07, 6.45) is 3.24. The first-order chi connectivity index (χ1) is 10.2. The van der Waals surface area contributed by atoms with Gasteiger partial charge >= 0.3 is 0 Å². The highest BCUT2D eigenvalue weighted by Crippen LogP contribution is 2.27. The predicted molar refractivity (Wildman–Crippen MR) is 79.7 cm³/mol. The molecule has 5 heteroatoms. The molecule has 1 aromatic carbocycles. The Morgan fingerprint density at radius 3 is 2.95 bits per heavy atom. The van der Waals surface area contributed by atoms with E-state index < -0.39 is 0 Å². The highest BCUT2D eigenvalue weighted by Gasteiger charge is 2.30. The second-order valence-corrected chi connectivity index (χ2v) is 5.22. The van der Waals surface area contributed by atoms with Crippen molar-refractivity contribution in [1.82, 2.24) is 10.2 Å². The molecule has 5 nitrogen and oxygen atoms in total. The zero-order valence-corrected chi connectivity index (χ0v) is 12.6. The summed E-state index contributed by atoms with van der Waals surface area (Å²) < 4.78 is 5.16. The van der Waals surface area contributed by atoms with Gasteiger partial charge in [0.2, 0.25) is 5.91 Å². The summed E-state index contributed by atoms with van der Waals surface area (Å²) in [5, 5.41) is 12.1. The number of carbonyl (C=O) groups excluding carboxylic acids is 1. The van der Waals surface area contributed by atoms with E-state index in [0.29, 0.717) is 17.9 Å². The number of hydrogen-bond donors (Lipinski definition) is 1. The molecule has 1 unspecified atom stereocenters. The van der Waals surface area contributed by atoms with Crippen LogP contribution in [0.5, 0.6) is 5.75 Å². The summed E-state index contributed by atoms with van der Waals surface area (Å²) in [6, 6.07) is 7.61. The van der Waals surface area contributed by atoms with Crippen LogP contribution in [0.1, 0.15) is 43.5 Å². The normalized spacial score (nSPS) is 18.3. The van der Waals surface area contributed by atoms with Gasteiger partial charge in [-0.05, 0) is 24.1 Å². The van der Waals surface area contributed by atoms with E-state index in [-0.39, 0.29) is 12.1 Å². The van der Waals surface area contributed by atoms with Crippen LogP contribution in [0.3, 0.4) is 0 Å². The van der Waals surface area contributed by atoms with Crippen molar-refractivity contribution in [3.05, 3.63) is 29.3 Å². The number of rotatable bonds is 6.